The van der Waals surface area contributed by atoms with Crippen molar-refractivity contribution in [1.82, 2.24) is 9.55 Å². The first-order chi connectivity index (χ1) is 9.02. The summed E-state index contributed by atoms with van der Waals surface area (Å²) in [5.74, 6) is 0.656. The number of halogens is 1. The normalized spacial score (nSPS) is 10.5. The number of anilines is 1. The van der Waals surface area contributed by atoms with Gasteiger partial charge in [-0.1, -0.05) is 6.07 Å². The molecule has 6 heteroatoms. The van der Waals surface area contributed by atoms with Crippen LogP contribution in [0.3, 0.4) is 0 Å². The first-order valence-corrected chi connectivity index (χ1v) is 6.46. The van der Waals surface area contributed by atoms with Crippen molar-refractivity contribution in [1.29, 1.82) is 0 Å². The van der Waals surface area contributed by atoms with Gasteiger partial charge in [-0.2, -0.15) is 0 Å². The Morgan fingerprint density at radius 1 is 1.47 bits per heavy atom. The Balaban J connectivity index is 2.42. The lowest BCUT2D eigenvalue weighted by molar-refractivity contribution is 0.408. The Morgan fingerprint density at radius 2 is 2.21 bits per heavy atom. The molecular formula is C13H14BrN3O2. The molecule has 1 aromatic carbocycles. The van der Waals surface area contributed by atoms with Crippen LogP contribution in [0.1, 0.15) is 11.3 Å². The van der Waals surface area contributed by atoms with E-state index in [2.05, 4.69) is 20.9 Å². The number of benzene rings is 1. The Kier molecular flexibility index (Phi) is 3.90. The standard InChI is InChI=1S/C13H14BrN3O2/c1-8-12(14)13(18)17(7-16-8)6-9-3-4-10(15)5-11(9)19-2/h3-5,7H,6,15H2,1-2H3. The Bertz CT molecular complexity index is 667. The third kappa shape index (κ3) is 2.78. The zero-order chi connectivity index (χ0) is 14.0. The van der Waals surface area contributed by atoms with Crippen molar-refractivity contribution in [2.24, 2.45) is 0 Å². The molecule has 0 amide bonds. The largest absolute Gasteiger partial charge is 0.496 e. The fraction of sp³-hybridized carbons (Fsp3) is 0.231. The van der Waals surface area contributed by atoms with E-state index >= 15 is 0 Å². The summed E-state index contributed by atoms with van der Waals surface area (Å²) in [6, 6.07) is 5.35. The van der Waals surface area contributed by atoms with E-state index in [0.29, 0.717) is 28.1 Å². The smallest absolute Gasteiger partial charge is 0.268 e. The van der Waals surface area contributed by atoms with Gasteiger partial charge in [-0.25, -0.2) is 4.98 Å². The zero-order valence-corrected chi connectivity index (χ0v) is 12.3. The molecule has 0 unspecified atom stereocenters. The fourth-order valence-electron chi connectivity index (χ4n) is 1.73. The number of aryl methyl sites for hydroxylation is 1. The summed E-state index contributed by atoms with van der Waals surface area (Å²) < 4.78 is 7.26. The average molecular weight is 324 g/mol. The fourth-order valence-corrected chi connectivity index (χ4v) is 2.06. The molecule has 0 aliphatic heterocycles. The summed E-state index contributed by atoms with van der Waals surface area (Å²) in [5, 5.41) is 0. The van der Waals surface area contributed by atoms with Crippen LogP contribution in [-0.2, 0) is 6.54 Å². The van der Waals surface area contributed by atoms with Gasteiger partial charge in [0.05, 0.1) is 25.7 Å². The highest BCUT2D eigenvalue weighted by Crippen LogP contribution is 2.22. The molecule has 100 valence electrons. The lowest BCUT2D eigenvalue weighted by Crippen LogP contribution is -2.22. The van der Waals surface area contributed by atoms with Gasteiger partial charge in [0, 0.05) is 17.3 Å². The van der Waals surface area contributed by atoms with Crippen molar-refractivity contribution in [2.45, 2.75) is 13.5 Å². The second-order valence-electron chi connectivity index (χ2n) is 4.15. The number of hydrogen-bond acceptors (Lipinski definition) is 4. The highest BCUT2D eigenvalue weighted by Gasteiger charge is 2.09. The molecule has 0 radical (unpaired) electrons. The van der Waals surface area contributed by atoms with Crippen LogP contribution >= 0.6 is 15.9 Å². The SMILES string of the molecule is COc1cc(N)ccc1Cn1cnc(C)c(Br)c1=O. The van der Waals surface area contributed by atoms with E-state index in [9.17, 15) is 4.79 Å². The first-order valence-electron chi connectivity index (χ1n) is 5.67. The van der Waals surface area contributed by atoms with Gasteiger partial charge < -0.3 is 10.5 Å². The van der Waals surface area contributed by atoms with Gasteiger partial charge in [0.25, 0.3) is 5.56 Å². The van der Waals surface area contributed by atoms with Crippen LogP contribution in [0, 0.1) is 6.92 Å². The predicted octanol–water partition coefficient (Wildman–Crippen LogP) is 1.95. The lowest BCUT2D eigenvalue weighted by Gasteiger charge is -2.11. The molecule has 2 N–H and O–H groups in total. The van der Waals surface area contributed by atoms with Gasteiger partial charge in [0.1, 0.15) is 10.2 Å². The van der Waals surface area contributed by atoms with Gasteiger partial charge >= 0.3 is 0 Å². The van der Waals surface area contributed by atoms with Gasteiger partial charge in [-0.3, -0.25) is 9.36 Å². The molecule has 2 aromatic rings. The van der Waals surface area contributed by atoms with Gasteiger partial charge in [0.15, 0.2) is 0 Å². The maximum Gasteiger partial charge on any atom is 0.268 e. The second-order valence-corrected chi connectivity index (χ2v) is 4.94. The molecule has 0 fully saturated rings. The molecule has 1 aromatic heterocycles. The molecule has 0 aliphatic carbocycles. The molecule has 19 heavy (non-hydrogen) atoms. The van der Waals surface area contributed by atoms with E-state index in [1.165, 1.54) is 10.9 Å². The third-order valence-electron chi connectivity index (χ3n) is 2.81. The summed E-state index contributed by atoms with van der Waals surface area (Å²) >= 11 is 3.24. The number of nitrogens with zero attached hydrogens (tertiary/aromatic N) is 2. The highest BCUT2D eigenvalue weighted by atomic mass is 79.9. The summed E-state index contributed by atoms with van der Waals surface area (Å²) in [5.41, 5.74) is 7.75. The third-order valence-corrected chi connectivity index (χ3v) is 3.72. The number of ether oxygens (including phenoxy) is 1. The van der Waals surface area contributed by atoms with Crippen molar-refractivity contribution >= 4 is 21.6 Å². The van der Waals surface area contributed by atoms with Gasteiger partial charge in [-0.05, 0) is 28.9 Å². The molecule has 0 saturated heterocycles. The molecule has 0 atom stereocenters. The molecule has 0 saturated carbocycles. The summed E-state index contributed by atoms with van der Waals surface area (Å²) in [7, 11) is 1.57. The molecule has 5 nitrogen and oxygen atoms in total. The minimum atomic E-state index is -0.119. The van der Waals surface area contributed by atoms with E-state index in [4.69, 9.17) is 10.5 Å². The number of methoxy groups -OCH3 is 1. The number of nitrogen functional groups attached to an aromatic ring is 1. The molecule has 0 aliphatic rings. The van der Waals surface area contributed by atoms with Crippen molar-refractivity contribution in [2.75, 3.05) is 12.8 Å². The Morgan fingerprint density at radius 3 is 2.89 bits per heavy atom. The minimum Gasteiger partial charge on any atom is -0.496 e. The van der Waals surface area contributed by atoms with E-state index < -0.39 is 0 Å². The quantitative estimate of drug-likeness (QED) is 0.876. The van der Waals surface area contributed by atoms with Crippen LogP contribution in [-0.4, -0.2) is 16.7 Å². The van der Waals surface area contributed by atoms with Gasteiger partial charge in [-0.15, -0.1) is 0 Å². The van der Waals surface area contributed by atoms with Crippen LogP contribution in [0.5, 0.6) is 5.75 Å². The topological polar surface area (TPSA) is 70.1 Å². The molecule has 0 spiro atoms. The number of aromatic nitrogens is 2. The van der Waals surface area contributed by atoms with Crippen LogP contribution in [0.15, 0.2) is 33.8 Å². The van der Waals surface area contributed by atoms with Crippen LogP contribution in [0.25, 0.3) is 0 Å². The maximum atomic E-state index is 12.1. The van der Waals surface area contributed by atoms with Crippen molar-refractivity contribution in [3.05, 3.63) is 50.6 Å². The van der Waals surface area contributed by atoms with Gasteiger partial charge in [0.2, 0.25) is 0 Å². The van der Waals surface area contributed by atoms with E-state index in [1.54, 1.807) is 26.2 Å². The predicted molar refractivity (Wildman–Crippen MR) is 77.4 cm³/mol. The number of hydrogen-bond donors (Lipinski definition) is 1. The highest BCUT2D eigenvalue weighted by molar-refractivity contribution is 9.10. The Hall–Kier alpha value is -1.82. The maximum absolute atomic E-state index is 12.1. The van der Waals surface area contributed by atoms with E-state index in [1.807, 2.05) is 6.07 Å². The molecular weight excluding hydrogens is 310 g/mol. The zero-order valence-electron chi connectivity index (χ0n) is 10.7. The minimum absolute atomic E-state index is 0.119. The second kappa shape index (κ2) is 5.44. The van der Waals surface area contributed by atoms with Crippen LogP contribution < -0.4 is 16.0 Å². The summed E-state index contributed by atoms with van der Waals surface area (Å²) in [4.78, 5) is 16.2. The number of rotatable bonds is 3. The van der Waals surface area contributed by atoms with Crippen molar-refractivity contribution in [3.63, 3.8) is 0 Å². The summed E-state index contributed by atoms with van der Waals surface area (Å²) in [6.07, 6.45) is 1.53. The average Bonchev–Trinajstić information content (AvgIpc) is 2.41. The van der Waals surface area contributed by atoms with E-state index in [-0.39, 0.29) is 5.56 Å². The van der Waals surface area contributed by atoms with E-state index in [0.717, 1.165) is 5.56 Å². The monoisotopic (exact) mass is 323 g/mol. The molecule has 0 bridgehead atoms. The van der Waals surface area contributed by atoms with Crippen molar-refractivity contribution < 1.29 is 4.74 Å². The van der Waals surface area contributed by atoms with Crippen LogP contribution in [0.4, 0.5) is 5.69 Å². The van der Waals surface area contributed by atoms with Crippen LogP contribution in [0.2, 0.25) is 0 Å². The Labute approximate surface area is 119 Å². The summed E-state index contributed by atoms with van der Waals surface area (Å²) in [6.45, 7) is 2.16. The molecule has 2 rings (SSSR count). The molecule has 1 heterocycles. The number of nitrogens with two attached hydrogens (primary N) is 1. The first kappa shape index (κ1) is 13.6. The lowest BCUT2D eigenvalue weighted by atomic mass is 10.2. The van der Waals surface area contributed by atoms with Crippen molar-refractivity contribution in [3.8, 4) is 5.75 Å².